The van der Waals surface area contributed by atoms with Gasteiger partial charge in [-0.25, -0.2) is 0 Å². The number of benzene rings is 3. The molecule has 0 N–H and O–H groups in total. The van der Waals surface area contributed by atoms with Gasteiger partial charge in [-0.1, -0.05) is 0 Å². The van der Waals surface area contributed by atoms with Gasteiger partial charge in [0.05, 0.1) is 0 Å². The van der Waals surface area contributed by atoms with Crippen LogP contribution in [0.1, 0.15) is 119 Å². The van der Waals surface area contributed by atoms with Crippen LogP contribution >= 0.6 is 0 Å². The molecule has 3 aromatic carbocycles. The van der Waals surface area contributed by atoms with Crippen LogP contribution < -0.4 is 7.16 Å². The van der Waals surface area contributed by atoms with Crippen molar-refractivity contribution < 1.29 is 0 Å². The SMILES string of the molecule is CCC[CH2][Sn]([CH2]CCC)([CH2]CCC)[c]1ccc2c(ccc3c[c]([Sn]([CH2]CCC)([CH2]CCC)[CH2]CCC)ccc32)c1. The molecule has 0 fully saturated rings. The predicted octanol–water partition coefficient (Wildman–Crippen LogP) is 12.1. The summed E-state index contributed by atoms with van der Waals surface area (Å²) in [6.07, 6.45) is 16.7. The molecule has 3 rings (SSSR count). The molecule has 0 aliphatic carbocycles. The molecular weight excluding hydrogens is 694 g/mol. The van der Waals surface area contributed by atoms with Crippen molar-refractivity contribution in [1.82, 2.24) is 0 Å². The van der Waals surface area contributed by atoms with Crippen molar-refractivity contribution >= 4 is 65.5 Å². The molecule has 0 saturated carbocycles. The van der Waals surface area contributed by atoms with E-state index in [0.29, 0.717) is 0 Å². The second kappa shape index (κ2) is 17.8. The van der Waals surface area contributed by atoms with E-state index in [1.54, 1.807) is 26.6 Å². The molecule has 0 atom stereocenters. The van der Waals surface area contributed by atoms with Crippen LogP contribution in [0, 0.1) is 0 Å². The predicted molar refractivity (Wildman–Crippen MR) is 191 cm³/mol. The van der Waals surface area contributed by atoms with Crippen LogP contribution in [0.3, 0.4) is 0 Å². The zero-order chi connectivity index (χ0) is 28.8. The van der Waals surface area contributed by atoms with Gasteiger partial charge in [0.2, 0.25) is 0 Å². The molecular formula is C38H62Sn2. The van der Waals surface area contributed by atoms with Crippen molar-refractivity contribution in [1.29, 1.82) is 0 Å². The van der Waals surface area contributed by atoms with Gasteiger partial charge in [-0.3, -0.25) is 0 Å². The number of fused-ring (bicyclic) bond motifs is 3. The zero-order valence-electron chi connectivity index (χ0n) is 27.3. The van der Waals surface area contributed by atoms with E-state index < -0.39 is 36.8 Å². The van der Waals surface area contributed by atoms with E-state index in [2.05, 4.69) is 90.1 Å². The third-order valence-electron chi connectivity index (χ3n) is 10.1. The van der Waals surface area contributed by atoms with Crippen LogP contribution in [-0.2, 0) is 0 Å². The van der Waals surface area contributed by atoms with Gasteiger partial charge in [-0.05, 0) is 0 Å². The Hall–Kier alpha value is -0.223. The van der Waals surface area contributed by atoms with E-state index in [4.69, 9.17) is 0 Å². The summed E-state index contributed by atoms with van der Waals surface area (Å²) >= 11 is -4.84. The number of rotatable bonds is 20. The van der Waals surface area contributed by atoms with Crippen LogP contribution in [0.4, 0.5) is 0 Å². The van der Waals surface area contributed by atoms with E-state index in [1.807, 2.05) is 7.16 Å². The average Bonchev–Trinajstić information content (AvgIpc) is 3.00. The summed E-state index contributed by atoms with van der Waals surface area (Å²) in [6.45, 7) is 14.4. The number of unbranched alkanes of at least 4 members (excludes halogenated alkanes) is 6. The average molecular weight is 756 g/mol. The second-order valence-corrected chi connectivity index (χ2v) is 39.6. The number of hydrogen-bond donors (Lipinski definition) is 0. The molecule has 3 aromatic rings. The van der Waals surface area contributed by atoms with Crippen LogP contribution in [0.25, 0.3) is 21.5 Å². The van der Waals surface area contributed by atoms with Crippen molar-refractivity contribution in [2.75, 3.05) is 0 Å². The molecule has 0 amide bonds. The fraction of sp³-hybridized carbons (Fsp3) is 0.632. The first kappa shape index (κ1) is 34.3. The van der Waals surface area contributed by atoms with Gasteiger partial charge >= 0.3 is 259 Å². The minimum atomic E-state index is -2.42. The summed E-state index contributed by atoms with van der Waals surface area (Å²) in [5, 5.41) is 5.99. The zero-order valence-corrected chi connectivity index (χ0v) is 33.1. The summed E-state index contributed by atoms with van der Waals surface area (Å²) in [6, 6.07) is 20.7. The molecule has 0 aromatic heterocycles. The molecule has 0 radical (unpaired) electrons. The minimum absolute atomic E-state index is 1.35. The second-order valence-electron chi connectivity index (χ2n) is 13.1. The van der Waals surface area contributed by atoms with Gasteiger partial charge in [-0.15, -0.1) is 0 Å². The van der Waals surface area contributed by atoms with E-state index in [0.717, 1.165) is 0 Å². The quantitative estimate of drug-likeness (QED) is 0.0796. The molecule has 0 nitrogen and oxygen atoms in total. The summed E-state index contributed by atoms with van der Waals surface area (Å²) in [5.41, 5.74) is 0. The molecule has 0 bridgehead atoms. The molecule has 0 unspecified atom stereocenters. The Bertz CT molecular complexity index is 1010. The van der Waals surface area contributed by atoms with Crippen molar-refractivity contribution in [2.24, 2.45) is 0 Å². The summed E-state index contributed by atoms with van der Waals surface area (Å²) in [4.78, 5) is 0. The van der Waals surface area contributed by atoms with Crippen molar-refractivity contribution in [2.45, 2.75) is 145 Å². The first-order valence-corrected chi connectivity index (χ1v) is 32.5. The van der Waals surface area contributed by atoms with Crippen LogP contribution in [0.5, 0.6) is 0 Å². The van der Waals surface area contributed by atoms with Gasteiger partial charge in [0.25, 0.3) is 0 Å². The Balaban J connectivity index is 2.08. The van der Waals surface area contributed by atoms with Gasteiger partial charge < -0.3 is 0 Å². The normalized spacial score (nSPS) is 12.6. The van der Waals surface area contributed by atoms with Gasteiger partial charge in [0.1, 0.15) is 0 Å². The van der Waals surface area contributed by atoms with Gasteiger partial charge in [0.15, 0.2) is 0 Å². The Morgan fingerprint density at radius 1 is 0.375 bits per heavy atom. The van der Waals surface area contributed by atoms with Gasteiger partial charge in [-0.2, -0.15) is 0 Å². The summed E-state index contributed by atoms with van der Waals surface area (Å²) in [5.74, 6) is 0. The van der Waals surface area contributed by atoms with Crippen LogP contribution in [0.15, 0.2) is 48.5 Å². The molecule has 0 spiro atoms. The monoisotopic (exact) mass is 758 g/mol. The maximum atomic E-state index is 2.69. The number of hydrogen-bond acceptors (Lipinski definition) is 0. The Kier molecular flexibility index (Phi) is 15.2. The van der Waals surface area contributed by atoms with E-state index >= 15 is 0 Å². The summed E-state index contributed by atoms with van der Waals surface area (Å²) in [7, 11) is 0. The molecule has 0 aliphatic rings. The third-order valence-corrected chi connectivity index (χ3v) is 41.3. The third kappa shape index (κ3) is 8.67. The van der Waals surface area contributed by atoms with Crippen molar-refractivity contribution in [3.63, 3.8) is 0 Å². The fourth-order valence-corrected chi connectivity index (χ4v) is 39.4. The molecule has 0 aliphatic heterocycles. The fourth-order valence-electron chi connectivity index (χ4n) is 7.44. The Morgan fingerprint density at radius 2 is 0.650 bits per heavy atom. The van der Waals surface area contributed by atoms with E-state index in [-0.39, 0.29) is 0 Å². The molecule has 2 heteroatoms. The van der Waals surface area contributed by atoms with Gasteiger partial charge in [0, 0.05) is 0 Å². The Morgan fingerprint density at radius 3 is 0.900 bits per heavy atom. The topological polar surface area (TPSA) is 0 Å². The standard InChI is InChI=1S/C14H8.6C4H9.2Sn/c1-3-7-13-11(5-1)9-10-12-6-2-4-8-14(12)13;6*1-3-4-2;;/h3-10H;6*1,3-4H2,2H3;;. The van der Waals surface area contributed by atoms with E-state index in [1.165, 1.54) is 98.6 Å². The first-order valence-electron chi connectivity index (χ1n) is 17.5. The molecule has 0 saturated heterocycles. The summed E-state index contributed by atoms with van der Waals surface area (Å²) < 4.78 is 13.0. The molecule has 40 heavy (non-hydrogen) atoms. The Labute approximate surface area is 257 Å². The van der Waals surface area contributed by atoms with Crippen molar-refractivity contribution in [3.8, 4) is 0 Å². The van der Waals surface area contributed by atoms with Crippen LogP contribution in [0.2, 0.25) is 26.6 Å². The molecule has 222 valence electrons. The van der Waals surface area contributed by atoms with Crippen LogP contribution in [-0.4, -0.2) is 36.8 Å². The van der Waals surface area contributed by atoms with Crippen molar-refractivity contribution in [3.05, 3.63) is 48.5 Å². The first-order chi connectivity index (χ1) is 19.5. The molecule has 0 heterocycles. The van der Waals surface area contributed by atoms with E-state index in [9.17, 15) is 0 Å². The maximum absolute atomic E-state index is 2.69.